The van der Waals surface area contributed by atoms with Gasteiger partial charge in [-0.15, -0.1) is 0 Å². The van der Waals surface area contributed by atoms with Crippen LogP contribution in [0, 0.1) is 31.0 Å². The van der Waals surface area contributed by atoms with Crippen molar-refractivity contribution in [3.05, 3.63) is 70.7 Å². The smallest absolute Gasteiger partial charge is 0.246 e. The summed E-state index contributed by atoms with van der Waals surface area (Å²) in [6.45, 7) is 3.53. The van der Waals surface area contributed by atoms with Gasteiger partial charge in [0.2, 0.25) is 10.0 Å². The second kappa shape index (κ2) is 7.58. The molecule has 146 valence electrons. The monoisotopic (exact) mass is 402 g/mol. The van der Waals surface area contributed by atoms with Crippen LogP contribution in [-0.4, -0.2) is 29.6 Å². The number of nitrogens with zero attached hydrogens (tertiary/aromatic N) is 4. The lowest BCUT2D eigenvalue weighted by molar-refractivity contribution is 0.406. The molecular weight excluding hydrogens is 383 g/mol. The van der Waals surface area contributed by atoms with E-state index in [0.717, 1.165) is 6.07 Å². The van der Waals surface area contributed by atoms with Crippen molar-refractivity contribution < 1.29 is 17.2 Å². The molecule has 0 aliphatic rings. The molecule has 0 N–H and O–H groups in total. The van der Waals surface area contributed by atoms with Crippen LogP contribution in [0.5, 0.6) is 0 Å². The van der Waals surface area contributed by atoms with Gasteiger partial charge in [-0.05, 0) is 43.7 Å². The number of halogens is 1. The molecule has 2 aromatic heterocycles. The van der Waals surface area contributed by atoms with Gasteiger partial charge in [0.05, 0.1) is 42.4 Å². The van der Waals surface area contributed by atoms with Gasteiger partial charge in [-0.3, -0.25) is 4.68 Å². The molecule has 0 radical (unpaired) electrons. The maximum absolute atomic E-state index is 13.4. The second-order valence-corrected chi connectivity index (χ2v) is 8.39. The number of sulfonamides is 1. The van der Waals surface area contributed by atoms with Crippen LogP contribution in [0.2, 0.25) is 0 Å². The van der Waals surface area contributed by atoms with E-state index < -0.39 is 15.8 Å². The SMILES string of the molecule is Cc1nn(Cc2ccc(F)cc2C#N)c(C)c1S(=O)(=O)N(C)Cc1ccco1. The molecule has 3 aromatic rings. The first-order valence-electron chi connectivity index (χ1n) is 8.45. The Morgan fingerprint density at radius 2 is 2.07 bits per heavy atom. The number of hydrogen-bond acceptors (Lipinski definition) is 5. The number of nitriles is 1. The summed E-state index contributed by atoms with van der Waals surface area (Å²) in [5.41, 5.74) is 1.54. The molecule has 0 amide bonds. The molecular formula is C19H19FN4O3S. The molecule has 0 saturated carbocycles. The van der Waals surface area contributed by atoms with Crippen molar-refractivity contribution in [1.29, 1.82) is 5.26 Å². The summed E-state index contributed by atoms with van der Waals surface area (Å²) in [7, 11) is -2.33. The van der Waals surface area contributed by atoms with Gasteiger partial charge in [0.15, 0.2) is 0 Å². The molecule has 0 unspecified atom stereocenters. The molecule has 0 aliphatic heterocycles. The zero-order valence-corrected chi connectivity index (χ0v) is 16.5. The summed E-state index contributed by atoms with van der Waals surface area (Å²) in [5, 5.41) is 13.5. The molecule has 7 nitrogen and oxygen atoms in total. The van der Waals surface area contributed by atoms with Gasteiger partial charge < -0.3 is 4.42 Å². The average molecular weight is 402 g/mol. The molecule has 28 heavy (non-hydrogen) atoms. The van der Waals surface area contributed by atoms with E-state index in [4.69, 9.17) is 4.42 Å². The molecule has 0 fully saturated rings. The molecule has 0 aliphatic carbocycles. The van der Waals surface area contributed by atoms with E-state index >= 15 is 0 Å². The largest absolute Gasteiger partial charge is 0.468 e. The van der Waals surface area contributed by atoms with Crippen LogP contribution in [-0.2, 0) is 23.1 Å². The molecule has 1 aromatic carbocycles. The molecule has 9 heteroatoms. The highest BCUT2D eigenvalue weighted by atomic mass is 32.2. The molecule has 2 heterocycles. The van der Waals surface area contributed by atoms with E-state index in [1.807, 2.05) is 6.07 Å². The Morgan fingerprint density at radius 1 is 1.32 bits per heavy atom. The fourth-order valence-electron chi connectivity index (χ4n) is 3.02. The quantitative estimate of drug-likeness (QED) is 0.632. The fourth-order valence-corrected chi connectivity index (χ4v) is 4.52. The summed E-state index contributed by atoms with van der Waals surface area (Å²) < 4.78 is 47.4. The lowest BCUT2D eigenvalue weighted by Crippen LogP contribution is -2.27. The third kappa shape index (κ3) is 3.69. The van der Waals surface area contributed by atoms with Gasteiger partial charge in [-0.25, -0.2) is 12.8 Å². The first-order valence-corrected chi connectivity index (χ1v) is 9.89. The van der Waals surface area contributed by atoms with Crippen molar-refractivity contribution >= 4 is 10.0 Å². The molecule has 0 atom stereocenters. The molecule has 0 spiro atoms. The molecule has 0 saturated heterocycles. The van der Waals surface area contributed by atoms with Crippen molar-refractivity contribution in [2.75, 3.05) is 7.05 Å². The normalized spacial score (nSPS) is 11.7. The van der Waals surface area contributed by atoms with E-state index in [0.29, 0.717) is 22.7 Å². The van der Waals surface area contributed by atoms with Crippen LogP contribution in [0.3, 0.4) is 0 Å². The van der Waals surface area contributed by atoms with E-state index in [2.05, 4.69) is 5.10 Å². The number of rotatable bonds is 6. The van der Waals surface area contributed by atoms with Crippen molar-refractivity contribution in [2.45, 2.75) is 31.8 Å². The van der Waals surface area contributed by atoms with Gasteiger partial charge in [0.25, 0.3) is 0 Å². The fraction of sp³-hybridized carbons (Fsp3) is 0.263. The van der Waals surface area contributed by atoms with Gasteiger partial charge in [-0.2, -0.15) is 14.7 Å². The Morgan fingerprint density at radius 3 is 2.71 bits per heavy atom. The van der Waals surface area contributed by atoms with E-state index in [9.17, 15) is 18.1 Å². The predicted molar refractivity (Wildman–Crippen MR) is 99.3 cm³/mol. The zero-order valence-electron chi connectivity index (χ0n) is 15.7. The summed E-state index contributed by atoms with van der Waals surface area (Å²) in [6.07, 6.45) is 1.49. The number of aryl methyl sites for hydroxylation is 1. The van der Waals surface area contributed by atoms with Crippen LogP contribution in [0.4, 0.5) is 4.39 Å². The summed E-state index contributed by atoms with van der Waals surface area (Å²) in [6, 6.07) is 9.26. The zero-order chi connectivity index (χ0) is 20.5. The van der Waals surface area contributed by atoms with Crippen molar-refractivity contribution in [1.82, 2.24) is 14.1 Å². The highest BCUT2D eigenvalue weighted by Gasteiger charge is 2.29. The van der Waals surface area contributed by atoms with Crippen molar-refractivity contribution in [3.8, 4) is 6.07 Å². The standard InChI is InChI=1S/C19H19FN4O3S/c1-13-19(28(25,26)23(3)12-18-5-4-8-27-18)14(2)24(22-13)11-15-6-7-17(20)9-16(15)10-21/h4-9H,11-12H2,1-3H3. The van der Waals surface area contributed by atoms with Gasteiger partial charge >= 0.3 is 0 Å². The van der Waals surface area contributed by atoms with Crippen molar-refractivity contribution in [2.24, 2.45) is 0 Å². The summed E-state index contributed by atoms with van der Waals surface area (Å²) in [5.74, 6) is 0.0234. The minimum absolute atomic E-state index is 0.0932. The molecule has 0 bridgehead atoms. The molecule has 3 rings (SSSR count). The first kappa shape index (κ1) is 19.8. The van der Waals surface area contributed by atoms with Crippen LogP contribution in [0.1, 0.15) is 28.3 Å². The Kier molecular flexibility index (Phi) is 5.36. The average Bonchev–Trinajstić information content (AvgIpc) is 3.24. The highest BCUT2D eigenvalue weighted by molar-refractivity contribution is 7.89. The van der Waals surface area contributed by atoms with Crippen LogP contribution >= 0.6 is 0 Å². The van der Waals surface area contributed by atoms with Crippen LogP contribution in [0.25, 0.3) is 0 Å². The minimum atomic E-state index is -3.81. The summed E-state index contributed by atoms with van der Waals surface area (Å²) >= 11 is 0. The number of aromatic nitrogens is 2. The Balaban J connectivity index is 1.95. The van der Waals surface area contributed by atoms with Crippen LogP contribution < -0.4 is 0 Å². The first-order chi connectivity index (χ1) is 13.2. The third-order valence-corrected chi connectivity index (χ3v) is 6.51. The number of furan rings is 1. The Hall–Kier alpha value is -2.96. The minimum Gasteiger partial charge on any atom is -0.468 e. The van der Waals surface area contributed by atoms with Crippen molar-refractivity contribution in [3.63, 3.8) is 0 Å². The van der Waals surface area contributed by atoms with E-state index in [1.54, 1.807) is 26.0 Å². The van der Waals surface area contributed by atoms with Gasteiger partial charge in [-0.1, -0.05) is 6.07 Å². The second-order valence-electron chi connectivity index (χ2n) is 6.41. The lowest BCUT2D eigenvalue weighted by Gasteiger charge is -2.16. The Bertz CT molecular complexity index is 1140. The number of benzene rings is 1. The topological polar surface area (TPSA) is 92.1 Å². The van der Waals surface area contributed by atoms with Gasteiger partial charge in [0, 0.05) is 7.05 Å². The maximum Gasteiger partial charge on any atom is 0.246 e. The van der Waals surface area contributed by atoms with Crippen LogP contribution in [0.15, 0.2) is 45.9 Å². The highest BCUT2D eigenvalue weighted by Crippen LogP contribution is 2.25. The maximum atomic E-state index is 13.4. The number of hydrogen-bond donors (Lipinski definition) is 0. The third-order valence-electron chi connectivity index (χ3n) is 4.45. The lowest BCUT2D eigenvalue weighted by atomic mass is 10.1. The predicted octanol–water partition coefficient (Wildman–Crippen LogP) is 2.97. The van der Waals surface area contributed by atoms with E-state index in [1.165, 1.54) is 34.4 Å². The van der Waals surface area contributed by atoms with E-state index in [-0.39, 0.29) is 23.5 Å². The van der Waals surface area contributed by atoms with Gasteiger partial charge in [0.1, 0.15) is 16.5 Å². The summed E-state index contributed by atoms with van der Waals surface area (Å²) in [4.78, 5) is 0.113. The Labute approximate surface area is 162 Å².